The van der Waals surface area contributed by atoms with Crippen LogP contribution < -0.4 is 5.32 Å². The quantitative estimate of drug-likeness (QED) is 0.511. The molecule has 2 heterocycles. The van der Waals surface area contributed by atoms with Crippen molar-refractivity contribution in [1.82, 2.24) is 15.2 Å². The maximum absolute atomic E-state index is 4.77. The maximum Gasteiger partial charge on any atom is 0.0702 e. The molecule has 3 aromatic carbocycles. The van der Waals surface area contributed by atoms with Crippen LogP contribution in [0.1, 0.15) is 23.6 Å². The Balaban J connectivity index is 1.55. The SMILES string of the molecule is c1ccc(-c2ccc(C(c3cnc4ccccc4c3)N3CCCNCC3)cc2)cc1. The Hall–Kier alpha value is -3.01. The molecule has 0 saturated carbocycles. The molecule has 0 amide bonds. The molecule has 1 aliphatic rings. The summed E-state index contributed by atoms with van der Waals surface area (Å²) in [6, 6.07) is 30.6. The predicted molar refractivity (Wildman–Crippen MR) is 125 cm³/mol. The van der Waals surface area contributed by atoms with E-state index in [-0.39, 0.29) is 6.04 Å². The Kier molecular flexibility index (Phi) is 5.56. The fourth-order valence-corrected chi connectivity index (χ4v) is 4.46. The lowest BCUT2D eigenvalue weighted by Gasteiger charge is -2.31. The fourth-order valence-electron chi connectivity index (χ4n) is 4.46. The average molecular weight is 394 g/mol. The van der Waals surface area contributed by atoms with E-state index in [2.05, 4.69) is 101 Å². The highest BCUT2D eigenvalue weighted by Gasteiger charge is 2.24. The van der Waals surface area contributed by atoms with Gasteiger partial charge in [-0.2, -0.15) is 0 Å². The fraction of sp³-hybridized carbons (Fsp3) is 0.222. The summed E-state index contributed by atoms with van der Waals surface area (Å²) in [5.74, 6) is 0. The van der Waals surface area contributed by atoms with E-state index in [4.69, 9.17) is 4.98 Å². The molecular weight excluding hydrogens is 366 g/mol. The molecule has 1 N–H and O–H groups in total. The van der Waals surface area contributed by atoms with Crippen LogP contribution in [0.4, 0.5) is 0 Å². The zero-order chi connectivity index (χ0) is 20.2. The monoisotopic (exact) mass is 393 g/mol. The molecule has 3 nitrogen and oxygen atoms in total. The van der Waals surface area contributed by atoms with E-state index in [1.54, 1.807) is 0 Å². The third kappa shape index (κ3) is 4.00. The third-order valence-corrected chi connectivity index (χ3v) is 6.00. The number of hydrogen-bond acceptors (Lipinski definition) is 3. The highest BCUT2D eigenvalue weighted by molar-refractivity contribution is 5.79. The predicted octanol–water partition coefficient (Wildman–Crippen LogP) is 5.29. The molecule has 5 rings (SSSR count). The minimum absolute atomic E-state index is 0.215. The smallest absolute Gasteiger partial charge is 0.0702 e. The van der Waals surface area contributed by atoms with E-state index >= 15 is 0 Å². The van der Waals surface area contributed by atoms with Crippen LogP contribution in [0.15, 0.2) is 91.1 Å². The molecule has 1 fully saturated rings. The molecule has 1 unspecified atom stereocenters. The lowest BCUT2D eigenvalue weighted by molar-refractivity contribution is 0.241. The molecule has 150 valence electrons. The molecule has 0 radical (unpaired) electrons. The molecule has 1 atom stereocenters. The van der Waals surface area contributed by atoms with Crippen LogP contribution >= 0.6 is 0 Å². The van der Waals surface area contributed by atoms with Crippen LogP contribution in [-0.2, 0) is 0 Å². The maximum atomic E-state index is 4.77. The Morgan fingerprint density at radius 2 is 1.50 bits per heavy atom. The van der Waals surface area contributed by atoms with Crippen LogP contribution in [-0.4, -0.2) is 36.1 Å². The molecular formula is C27H27N3. The van der Waals surface area contributed by atoms with Gasteiger partial charge >= 0.3 is 0 Å². The summed E-state index contributed by atoms with van der Waals surface area (Å²) in [4.78, 5) is 7.37. The number of hydrogen-bond donors (Lipinski definition) is 1. The van der Waals surface area contributed by atoms with Crippen molar-refractivity contribution < 1.29 is 0 Å². The van der Waals surface area contributed by atoms with Crippen molar-refractivity contribution in [2.45, 2.75) is 12.5 Å². The molecule has 1 saturated heterocycles. The van der Waals surface area contributed by atoms with Gasteiger partial charge in [0.25, 0.3) is 0 Å². The van der Waals surface area contributed by atoms with Gasteiger partial charge in [-0.1, -0.05) is 72.8 Å². The number of pyridine rings is 1. The van der Waals surface area contributed by atoms with Gasteiger partial charge in [-0.15, -0.1) is 0 Å². The van der Waals surface area contributed by atoms with Gasteiger partial charge in [0.05, 0.1) is 11.6 Å². The summed E-state index contributed by atoms with van der Waals surface area (Å²) < 4.78 is 0. The molecule has 30 heavy (non-hydrogen) atoms. The number of fused-ring (bicyclic) bond motifs is 1. The van der Waals surface area contributed by atoms with E-state index in [0.717, 1.165) is 31.7 Å². The Morgan fingerprint density at radius 3 is 2.37 bits per heavy atom. The van der Waals surface area contributed by atoms with E-state index in [1.165, 1.54) is 34.1 Å². The second kappa shape index (κ2) is 8.78. The van der Waals surface area contributed by atoms with Crippen LogP contribution in [0.2, 0.25) is 0 Å². The van der Waals surface area contributed by atoms with Gasteiger partial charge in [-0.3, -0.25) is 9.88 Å². The minimum atomic E-state index is 0.215. The first-order valence-electron chi connectivity index (χ1n) is 10.8. The first kappa shape index (κ1) is 19.0. The van der Waals surface area contributed by atoms with Crippen molar-refractivity contribution in [2.75, 3.05) is 26.2 Å². The van der Waals surface area contributed by atoms with Crippen molar-refractivity contribution >= 4 is 10.9 Å². The summed E-state index contributed by atoms with van der Waals surface area (Å²) >= 11 is 0. The molecule has 0 aliphatic carbocycles. The van der Waals surface area contributed by atoms with Crippen LogP contribution in [0.25, 0.3) is 22.0 Å². The van der Waals surface area contributed by atoms with Crippen LogP contribution in [0.3, 0.4) is 0 Å². The van der Waals surface area contributed by atoms with Crippen LogP contribution in [0, 0.1) is 0 Å². The Labute approximate surface area is 178 Å². The largest absolute Gasteiger partial charge is 0.315 e. The topological polar surface area (TPSA) is 28.2 Å². The zero-order valence-corrected chi connectivity index (χ0v) is 17.2. The summed E-state index contributed by atoms with van der Waals surface area (Å²) in [6.45, 7) is 4.24. The van der Waals surface area contributed by atoms with E-state index in [1.807, 2.05) is 0 Å². The van der Waals surface area contributed by atoms with Crippen molar-refractivity contribution in [3.8, 4) is 11.1 Å². The molecule has 1 aromatic heterocycles. The highest BCUT2D eigenvalue weighted by atomic mass is 15.2. The van der Waals surface area contributed by atoms with Crippen molar-refractivity contribution in [3.63, 3.8) is 0 Å². The Morgan fingerprint density at radius 1 is 0.733 bits per heavy atom. The summed E-state index contributed by atoms with van der Waals surface area (Å²) in [6.07, 6.45) is 3.23. The molecule has 4 aromatic rings. The van der Waals surface area contributed by atoms with Gasteiger partial charge in [-0.25, -0.2) is 0 Å². The van der Waals surface area contributed by atoms with Gasteiger partial charge in [0, 0.05) is 31.2 Å². The third-order valence-electron chi connectivity index (χ3n) is 6.00. The van der Waals surface area contributed by atoms with E-state index in [9.17, 15) is 0 Å². The van der Waals surface area contributed by atoms with E-state index in [0.29, 0.717) is 0 Å². The summed E-state index contributed by atoms with van der Waals surface area (Å²) in [5, 5.41) is 4.74. The number of para-hydroxylation sites is 1. The number of rotatable bonds is 4. The summed E-state index contributed by atoms with van der Waals surface area (Å²) in [5.41, 5.74) is 6.16. The Bertz CT molecular complexity index is 1100. The van der Waals surface area contributed by atoms with Crippen molar-refractivity contribution in [2.24, 2.45) is 0 Å². The molecule has 0 bridgehead atoms. The molecule has 1 aliphatic heterocycles. The highest BCUT2D eigenvalue weighted by Crippen LogP contribution is 2.32. The molecule has 0 spiro atoms. The normalized spacial score (nSPS) is 16.3. The van der Waals surface area contributed by atoms with Gasteiger partial charge < -0.3 is 5.32 Å². The number of aromatic nitrogens is 1. The average Bonchev–Trinajstić information content (AvgIpc) is 3.10. The first-order chi connectivity index (χ1) is 14.9. The van der Waals surface area contributed by atoms with Crippen molar-refractivity contribution in [1.29, 1.82) is 0 Å². The van der Waals surface area contributed by atoms with Crippen LogP contribution in [0.5, 0.6) is 0 Å². The minimum Gasteiger partial charge on any atom is -0.315 e. The number of nitrogens with one attached hydrogen (secondary N) is 1. The number of benzene rings is 3. The van der Waals surface area contributed by atoms with Crippen molar-refractivity contribution in [3.05, 3.63) is 102 Å². The zero-order valence-electron chi connectivity index (χ0n) is 17.2. The van der Waals surface area contributed by atoms with Gasteiger partial charge in [0.2, 0.25) is 0 Å². The number of nitrogens with zero attached hydrogens (tertiary/aromatic N) is 2. The van der Waals surface area contributed by atoms with E-state index < -0.39 is 0 Å². The lowest BCUT2D eigenvalue weighted by atomic mass is 9.94. The first-order valence-corrected chi connectivity index (χ1v) is 10.8. The van der Waals surface area contributed by atoms with Gasteiger partial charge in [-0.05, 0) is 47.4 Å². The standard InChI is InChI=1S/C27H27N3/c1-2-7-21(8-3-1)22-11-13-23(14-12-22)27(30-17-6-15-28-16-18-30)25-19-24-9-4-5-10-26(24)29-20-25/h1-5,7-14,19-20,27-28H,6,15-18H2. The second-order valence-electron chi connectivity index (χ2n) is 7.99. The van der Waals surface area contributed by atoms with Gasteiger partial charge in [0.1, 0.15) is 0 Å². The summed E-state index contributed by atoms with van der Waals surface area (Å²) in [7, 11) is 0. The van der Waals surface area contributed by atoms with Gasteiger partial charge in [0.15, 0.2) is 0 Å². The lowest BCUT2D eigenvalue weighted by Crippen LogP contribution is -2.33. The molecule has 3 heteroatoms. The second-order valence-corrected chi connectivity index (χ2v) is 7.99.